The van der Waals surface area contributed by atoms with Gasteiger partial charge in [-0.1, -0.05) is 26.7 Å². The molecule has 2 unspecified atom stereocenters. The Morgan fingerprint density at radius 3 is 2.00 bits per heavy atom. The number of nitrogens with two attached hydrogens (primary N) is 1. The topological polar surface area (TPSA) is 83.5 Å². The lowest BCUT2D eigenvalue weighted by Gasteiger charge is -2.24. The molecule has 0 fully saturated rings. The van der Waals surface area contributed by atoms with Crippen LogP contribution in [0.2, 0.25) is 0 Å². The van der Waals surface area contributed by atoms with Crippen LogP contribution in [0.4, 0.5) is 0 Å². The number of aliphatic hydroxyl groups excluding tert-OH is 1. The highest BCUT2D eigenvalue weighted by molar-refractivity contribution is 5.73. The largest absolute Gasteiger partial charge is 0.480 e. The molecule has 4 N–H and O–H groups in total. The van der Waals surface area contributed by atoms with Crippen molar-refractivity contribution in [3.8, 4) is 0 Å². The monoisotopic (exact) mass is 203 g/mol. The second-order valence-corrected chi connectivity index (χ2v) is 3.69. The summed E-state index contributed by atoms with van der Waals surface area (Å²) in [7, 11) is 0. The van der Waals surface area contributed by atoms with Gasteiger partial charge in [-0.2, -0.15) is 0 Å². The minimum absolute atomic E-state index is 0.0103. The van der Waals surface area contributed by atoms with Crippen molar-refractivity contribution in [1.29, 1.82) is 0 Å². The summed E-state index contributed by atoms with van der Waals surface area (Å²) in [6, 6.07) is -1.15. The molecule has 0 amide bonds. The quantitative estimate of drug-likeness (QED) is 0.576. The van der Waals surface area contributed by atoms with E-state index >= 15 is 0 Å². The van der Waals surface area contributed by atoms with E-state index in [1.54, 1.807) is 0 Å². The molecular formula is C10H21NO3. The van der Waals surface area contributed by atoms with Crippen LogP contribution in [0, 0.1) is 5.92 Å². The Morgan fingerprint density at radius 2 is 1.71 bits per heavy atom. The zero-order valence-corrected chi connectivity index (χ0v) is 8.94. The van der Waals surface area contributed by atoms with Gasteiger partial charge in [0.15, 0.2) is 0 Å². The summed E-state index contributed by atoms with van der Waals surface area (Å²) in [6.07, 6.45) is 2.61. The van der Waals surface area contributed by atoms with E-state index in [9.17, 15) is 9.90 Å². The number of carbonyl (C=O) groups is 1. The molecule has 0 spiro atoms. The molecule has 4 heteroatoms. The second kappa shape index (κ2) is 6.79. The van der Waals surface area contributed by atoms with Crippen molar-refractivity contribution in [1.82, 2.24) is 0 Å². The second-order valence-electron chi connectivity index (χ2n) is 3.69. The van der Waals surface area contributed by atoms with Gasteiger partial charge in [-0.15, -0.1) is 0 Å². The average Bonchev–Trinajstić information content (AvgIpc) is 2.15. The van der Waals surface area contributed by atoms with Crippen LogP contribution in [0.1, 0.15) is 39.5 Å². The lowest BCUT2D eigenvalue weighted by molar-refractivity contribution is -0.142. The SMILES string of the molecule is CCCC(CCC)C(O)C(N)C(=O)O. The van der Waals surface area contributed by atoms with E-state index in [1.165, 1.54) is 0 Å². The van der Waals surface area contributed by atoms with Crippen molar-refractivity contribution in [3.63, 3.8) is 0 Å². The van der Waals surface area contributed by atoms with Crippen LogP contribution in [0.5, 0.6) is 0 Å². The fourth-order valence-corrected chi connectivity index (χ4v) is 1.67. The third-order valence-corrected chi connectivity index (χ3v) is 2.46. The molecule has 0 aromatic carbocycles. The first-order valence-corrected chi connectivity index (χ1v) is 5.21. The van der Waals surface area contributed by atoms with Gasteiger partial charge in [-0.05, 0) is 18.8 Å². The molecule has 0 saturated carbocycles. The van der Waals surface area contributed by atoms with Crippen LogP contribution in [0.3, 0.4) is 0 Å². The fourth-order valence-electron chi connectivity index (χ4n) is 1.67. The normalized spacial score (nSPS) is 15.5. The third-order valence-electron chi connectivity index (χ3n) is 2.46. The van der Waals surface area contributed by atoms with E-state index in [0.717, 1.165) is 25.7 Å². The fraction of sp³-hybridized carbons (Fsp3) is 0.900. The molecule has 0 bridgehead atoms. The zero-order valence-electron chi connectivity index (χ0n) is 8.94. The molecule has 0 aliphatic carbocycles. The molecule has 0 aromatic rings. The summed E-state index contributed by atoms with van der Waals surface area (Å²) in [5.74, 6) is -1.12. The van der Waals surface area contributed by atoms with Crippen molar-refractivity contribution >= 4 is 5.97 Å². The molecule has 84 valence electrons. The smallest absolute Gasteiger partial charge is 0.323 e. The number of hydrogen-bond donors (Lipinski definition) is 3. The highest BCUT2D eigenvalue weighted by Gasteiger charge is 2.28. The molecule has 14 heavy (non-hydrogen) atoms. The highest BCUT2D eigenvalue weighted by atomic mass is 16.4. The van der Waals surface area contributed by atoms with Gasteiger partial charge >= 0.3 is 5.97 Å². The third kappa shape index (κ3) is 4.07. The minimum Gasteiger partial charge on any atom is -0.480 e. The number of aliphatic carboxylic acids is 1. The summed E-state index contributed by atoms with van der Waals surface area (Å²) >= 11 is 0. The number of carboxylic acids is 1. The van der Waals surface area contributed by atoms with Gasteiger partial charge in [-0.3, -0.25) is 4.79 Å². The van der Waals surface area contributed by atoms with Gasteiger partial charge in [-0.25, -0.2) is 0 Å². The first-order valence-electron chi connectivity index (χ1n) is 5.21. The maximum Gasteiger partial charge on any atom is 0.323 e. The Hall–Kier alpha value is -0.610. The average molecular weight is 203 g/mol. The predicted molar refractivity (Wildman–Crippen MR) is 54.9 cm³/mol. The van der Waals surface area contributed by atoms with Crippen LogP contribution in [0.25, 0.3) is 0 Å². The Morgan fingerprint density at radius 1 is 1.29 bits per heavy atom. The molecule has 0 heterocycles. The Balaban J connectivity index is 4.25. The molecule has 0 rings (SSSR count). The number of hydrogen-bond acceptors (Lipinski definition) is 3. The van der Waals surface area contributed by atoms with Gasteiger partial charge in [0.25, 0.3) is 0 Å². The summed E-state index contributed by atoms with van der Waals surface area (Å²) in [5, 5.41) is 18.4. The van der Waals surface area contributed by atoms with Gasteiger partial charge in [0.05, 0.1) is 6.10 Å². The number of rotatable bonds is 7. The van der Waals surface area contributed by atoms with Gasteiger partial charge < -0.3 is 15.9 Å². The lowest BCUT2D eigenvalue weighted by atomic mass is 9.88. The summed E-state index contributed by atoms with van der Waals surface area (Å²) in [4.78, 5) is 10.6. The molecule has 0 aliphatic heterocycles. The van der Waals surface area contributed by atoms with Gasteiger partial charge in [0.1, 0.15) is 6.04 Å². The predicted octanol–water partition coefficient (Wildman–Crippen LogP) is 0.976. The summed E-state index contributed by atoms with van der Waals surface area (Å²) < 4.78 is 0. The summed E-state index contributed by atoms with van der Waals surface area (Å²) in [5.41, 5.74) is 5.37. The standard InChI is InChI=1S/C10H21NO3/c1-3-5-7(6-4-2)9(12)8(11)10(13)14/h7-9,12H,3-6,11H2,1-2H3,(H,13,14). The van der Waals surface area contributed by atoms with Crippen LogP contribution in [-0.2, 0) is 4.79 Å². The first-order chi connectivity index (χ1) is 6.54. The van der Waals surface area contributed by atoms with E-state index in [-0.39, 0.29) is 5.92 Å². The molecule has 2 atom stereocenters. The van der Waals surface area contributed by atoms with Crippen molar-refractivity contribution < 1.29 is 15.0 Å². The van der Waals surface area contributed by atoms with E-state index in [1.807, 2.05) is 13.8 Å². The van der Waals surface area contributed by atoms with Gasteiger partial charge in [0, 0.05) is 0 Å². The van der Waals surface area contributed by atoms with E-state index in [2.05, 4.69) is 0 Å². The highest BCUT2D eigenvalue weighted by Crippen LogP contribution is 2.19. The van der Waals surface area contributed by atoms with Crippen molar-refractivity contribution in [2.45, 2.75) is 51.7 Å². The van der Waals surface area contributed by atoms with Crippen LogP contribution in [-0.4, -0.2) is 28.3 Å². The molecule has 0 saturated heterocycles. The molecular weight excluding hydrogens is 182 g/mol. The van der Waals surface area contributed by atoms with E-state index in [4.69, 9.17) is 10.8 Å². The zero-order chi connectivity index (χ0) is 11.1. The van der Waals surface area contributed by atoms with E-state index < -0.39 is 18.1 Å². The maximum atomic E-state index is 10.6. The maximum absolute atomic E-state index is 10.6. The van der Waals surface area contributed by atoms with Gasteiger partial charge in [0.2, 0.25) is 0 Å². The first kappa shape index (κ1) is 13.4. The van der Waals surface area contributed by atoms with Crippen molar-refractivity contribution in [3.05, 3.63) is 0 Å². The van der Waals surface area contributed by atoms with Crippen LogP contribution < -0.4 is 5.73 Å². The molecule has 0 aliphatic rings. The van der Waals surface area contributed by atoms with Crippen LogP contribution >= 0.6 is 0 Å². The van der Waals surface area contributed by atoms with Crippen molar-refractivity contribution in [2.24, 2.45) is 11.7 Å². The Labute approximate surface area is 85.1 Å². The number of carboxylic acid groups (broad SMARTS) is 1. The van der Waals surface area contributed by atoms with Crippen molar-refractivity contribution in [2.75, 3.05) is 0 Å². The molecule has 0 aromatic heterocycles. The summed E-state index contributed by atoms with van der Waals surface area (Å²) in [6.45, 7) is 4.03. The Bertz CT molecular complexity index is 167. The minimum atomic E-state index is -1.15. The lowest BCUT2D eigenvalue weighted by Crippen LogP contribution is -2.45. The molecule has 4 nitrogen and oxygen atoms in total. The van der Waals surface area contributed by atoms with Crippen LogP contribution in [0.15, 0.2) is 0 Å². The van der Waals surface area contributed by atoms with E-state index in [0.29, 0.717) is 0 Å². The molecule has 0 radical (unpaired) electrons. The Kier molecular flexibility index (Phi) is 6.49. The number of aliphatic hydroxyl groups is 1.